The molecule has 0 spiro atoms. The maximum atomic E-state index is 9.14. The number of hydrogen-bond donors (Lipinski definition) is 4. The van der Waals surface area contributed by atoms with Crippen LogP contribution in [0, 0.1) is 0 Å². The van der Waals surface area contributed by atoms with E-state index < -0.39 is 12.5 Å². The molecule has 0 aliphatic carbocycles. The molecular formula is C20H41NO3. The molecule has 0 aliphatic heterocycles. The second-order valence-electron chi connectivity index (χ2n) is 6.84. The van der Waals surface area contributed by atoms with Crippen LogP contribution in [0.4, 0.5) is 0 Å². The van der Waals surface area contributed by atoms with Gasteiger partial charge in [0.2, 0.25) is 5.91 Å². The molecule has 0 heterocycles. The van der Waals surface area contributed by atoms with Crippen molar-refractivity contribution in [2.24, 2.45) is 0 Å². The number of allylic oxidation sites excluding steroid dienone is 2. The van der Waals surface area contributed by atoms with Gasteiger partial charge in [0, 0.05) is 6.54 Å². The first-order chi connectivity index (χ1) is 11.6. The zero-order chi connectivity index (χ0) is 17.9. The van der Waals surface area contributed by atoms with Crippen molar-refractivity contribution >= 4 is 0 Å². The Labute approximate surface area is 149 Å². The van der Waals surface area contributed by atoms with E-state index >= 15 is 0 Å². The second kappa shape index (κ2) is 17.4. The van der Waals surface area contributed by atoms with Gasteiger partial charge in [-0.25, -0.2) is 0 Å². The fourth-order valence-electron chi connectivity index (χ4n) is 2.72. The van der Waals surface area contributed by atoms with E-state index in [0.717, 1.165) is 12.8 Å². The summed E-state index contributed by atoms with van der Waals surface area (Å²) < 4.78 is 0. The van der Waals surface area contributed by atoms with Crippen LogP contribution in [0.2, 0.25) is 0 Å². The predicted molar refractivity (Wildman–Crippen MR) is 102 cm³/mol. The molecule has 0 bridgehead atoms. The van der Waals surface area contributed by atoms with E-state index in [1.165, 1.54) is 77.0 Å². The van der Waals surface area contributed by atoms with Gasteiger partial charge in [0.05, 0.1) is 0 Å². The van der Waals surface area contributed by atoms with Gasteiger partial charge in [-0.05, 0) is 32.1 Å². The third-order valence-corrected chi connectivity index (χ3v) is 4.32. The molecule has 24 heavy (non-hydrogen) atoms. The first-order valence-corrected chi connectivity index (χ1v) is 10.1. The number of hydrogen-bond acceptors (Lipinski definition) is 4. The lowest BCUT2D eigenvalue weighted by Gasteiger charge is -2.19. The fourth-order valence-corrected chi connectivity index (χ4v) is 2.72. The molecule has 0 radical (unpaired) electrons. The number of aliphatic hydroxyl groups excluding tert-OH is 1. The Kier molecular flexibility index (Phi) is 17.1. The highest BCUT2D eigenvalue weighted by molar-refractivity contribution is 4.81. The molecule has 0 aromatic heterocycles. The monoisotopic (exact) mass is 343 g/mol. The minimum atomic E-state index is -2.12. The Bertz CT molecular complexity index is 280. The summed E-state index contributed by atoms with van der Waals surface area (Å²) in [5, 5.41) is 29.4. The highest BCUT2D eigenvalue weighted by Crippen LogP contribution is 2.09. The van der Waals surface area contributed by atoms with Crippen LogP contribution in [0.3, 0.4) is 0 Å². The summed E-state index contributed by atoms with van der Waals surface area (Å²) in [5.74, 6) is -2.12. The van der Waals surface area contributed by atoms with Crippen molar-refractivity contribution in [3.63, 3.8) is 0 Å². The van der Waals surface area contributed by atoms with Crippen molar-refractivity contribution < 1.29 is 15.3 Å². The minimum absolute atomic E-state index is 0.523. The summed E-state index contributed by atoms with van der Waals surface area (Å²) in [7, 11) is 0. The molecule has 0 atom stereocenters. The number of rotatable bonds is 18. The fraction of sp³-hybridized carbons (Fsp3) is 0.900. The molecule has 144 valence electrons. The molecule has 4 N–H and O–H groups in total. The maximum absolute atomic E-state index is 9.14. The quantitative estimate of drug-likeness (QED) is 0.171. The van der Waals surface area contributed by atoms with E-state index in [1.54, 1.807) is 0 Å². The normalized spacial score (nSPS) is 12.3. The molecule has 4 heteroatoms. The number of unbranched alkanes of at least 4 members (excludes halogenated alkanes) is 12. The van der Waals surface area contributed by atoms with Gasteiger partial charge in [-0.2, -0.15) is 0 Å². The van der Waals surface area contributed by atoms with Crippen LogP contribution in [0.25, 0.3) is 0 Å². The molecule has 0 saturated carbocycles. The number of nitrogens with one attached hydrogen (secondary N) is 1. The van der Waals surface area contributed by atoms with Crippen LogP contribution in [0.1, 0.15) is 96.8 Å². The van der Waals surface area contributed by atoms with E-state index in [9.17, 15) is 0 Å². The summed E-state index contributed by atoms with van der Waals surface area (Å²) in [6.07, 6.45) is 22.3. The summed E-state index contributed by atoms with van der Waals surface area (Å²) in [6.45, 7) is 2.10. The van der Waals surface area contributed by atoms with Crippen LogP contribution in [0.5, 0.6) is 0 Å². The third kappa shape index (κ3) is 17.9. The summed E-state index contributed by atoms with van der Waals surface area (Å²) in [4.78, 5) is 0. The zero-order valence-corrected chi connectivity index (χ0v) is 15.8. The van der Waals surface area contributed by atoms with Gasteiger partial charge in [0.1, 0.15) is 6.61 Å². The molecule has 0 saturated heterocycles. The Morgan fingerprint density at radius 2 is 1.17 bits per heavy atom. The van der Waals surface area contributed by atoms with Crippen LogP contribution in [-0.4, -0.2) is 34.4 Å². The van der Waals surface area contributed by atoms with Gasteiger partial charge in [0.15, 0.2) is 0 Å². The highest BCUT2D eigenvalue weighted by atomic mass is 16.5. The summed E-state index contributed by atoms with van der Waals surface area (Å²) >= 11 is 0. The third-order valence-electron chi connectivity index (χ3n) is 4.32. The topological polar surface area (TPSA) is 72.7 Å². The van der Waals surface area contributed by atoms with E-state index in [4.69, 9.17) is 15.3 Å². The van der Waals surface area contributed by atoms with Crippen LogP contribution in [0.15, 0.2) is 12.2 Å². The predicted octanol–water partition coefficient (Wildman–Crippen LogP) is 4.24. The molecule has 4 nitrogen and oxygen atoms in total. The summed E-state index contributed by atoms with van der Waals surface area (Å²) in [5.41, 5.74) is 0. The van der Waals surface area contributed by atoms with E-state index in [0.29, 0.717) is 6.54 Å². The van der Waals surface area contributed by atoms with Gasteiger partial charge in [0.25, 0.3) is 0 Å². The molecule has 0 aromatic rings. The van der Waals surface area contributed by atoms with Crippen molar-refractivity contribution in [2.75, 3.05) is 13.2 Å². The largest absolute Gasteiger partial charge is 0.389 e. The van der Waals surface area contributed by atoms with Crippen LogP contribution >= 0.6 is 0 Å². The standard InChI is InChI=1S/C20H41NO3/c1-2-3-4-5-6-7-8-9-10-11-12-13-14-15-16-17-18-21-20(23,24)19-22/h9-10,21-24H,2-8,11-19H2,1H3/b10-9-. The molecule has 0 fully saturated rings. The Morgan fingerprint density at radius 3 is 1.67 bits per heavy atom. The Hall–Kier alpha value is -0.420. The van der Waals surface area contributed by atoms with Crippen molar-refractivity contribution in [3.05, 3.63) is 12.2 Å². The van der Waals surface area contributed by atoms with Crippen molar-refractivity contribution in [1.29, 1.82) is 0 Å². The molecular weight excluding hydrogens is 302 g/mol. The summed E-state index contributed by atoms with van der Waals surface area (Å²) in [6, 6.07) is 0. The molecule has 0 aliphatic rings. The second-order valence-corrected chi connectivity index (χ2v) is 6.84. The SMILES string of the molecule is CCCCCCCC/C=C\CCCCCCCCNC(O)(O)CO. The lowest BCUT2D eigenvalue weighted by molar-refractivity contribution is -0.208. The molecule has 0 unspecified atom stereocenters. The maximum Gasteiger partial charge on any atom is 0.246 e. The number of aliphatic hydroxyl groups is 3. The molecule has 0 aromatic carbocycles. The average molecular weight is 344 g/mol. The minimum Gasteiger partial charge on any atom is -0.389 e. The van der Waals surface area contributed by atoms with Crippen molar-refractivity contribution in [1.82, 2.24) is 5.32 Å². The molecule has 0 rings (SSSR count). The average Bonchev–Trinajstić information content (AvgIpc) is 2.57. The van der Waals surface area contributed by atoms with Crippen molar-refractivity contribution in [2.45, 2.75) is 103 Å². The lowest BCUT2D eigenvalue weighted by atomic mass is 10.1. The Morgan fingerprint density at radius 1 is 0.708 bits per heavy atom. The van der Waals surface area contributed by atoms with E-state index in [2.05, 4.69) is 24.4 Å². The smallest absolute Gasteiger partial charge is 0.246 e. The zero-order valence-electron chi connectivity index (χ0n) is 15.8. The van der Waals surface area contributed by atoms with Crippen LogP contribution in [-0.2, 0) is 0 Å². The van der Waals surface area contributed by atoms with Crippen LogP contribution < -0.4 is 5.32 Å². The lowest BCUT2D eigenvalue weighted by Crippen LogP contribution is -2.48. The van der Waals surface area contributed by atoms with Gasteiger partial charge in [-0.3, -0.25) is 5.32 Å². The van der Waals surface area contributed by atoms with Gasteiger partial charge in [-0.15, -0.1) is 0 Å². The molecule has 0 amide bonds. The van der Waals surface area contributed by atoms with Gasteiger partial charge in [-0.1, -0.05) is 76.9 Å². The van der Waals surface area contributed by atoms with Crippen molar-refractivity contribution in [3.8, 4) is 0 Å². The van der Waals surface area contributed by atoms with E-state index in [-0.39, 0.29) is 0 Å². The van der Waals surface area contributed by atoms with Gasteiger partial charge < -0.3 is 15.3 Å². The Balaban J connectivity index is 3.15. The first-order valence-electron chi connectivity index (χ1n) is 10.1. The van der Waals surface area contributed by atoms with Gasteiger partial charge >= 0.3 is 0 Å². The first kappa shape index (κ1) is 23.6. The highest BCUT2D eigenvalue weighted by Gasteiger charge is 2.19. The van der Waals surface area contributed by atoms with E-state index in [1.807, 2.05) is 0 Å².